The van der Waals surface area contributed by atoms with Crippen LogP contribution in [0.3, 0.4) is 0 Å². The summed E-state index contributed by atoms with van der Waals surface area (Å²) in [6.07, 6.45) is 0.203. The van der Waals surface area contributed by atoms with Gasteiger partial charge in [-0.2, -0.15) is 0 Å². The van der Waals surface area contributed by atoms with Crippen LogP contribution < -0.4 is 10.2 Å². The molecule has 1 aromatic heterocycles. The van der Waals surface area contributed by atoms with Gasteiger partial charge in [0.2, 0.25) is 11.8 Å². The lowest BCUT2D eigenvalue weighted by Crippen LogP contribution is -2.45. The maximum Gasteiger partial charge on any atom is 0.264 e. The number of benzene rings is 2. The van der Waals surface area contributed by atoms with Gasteiger partial charge in [-0.1, -0.05) is 30.3 Å². The molecule has 0 saturated carbocycles. The number of fused-ring (bicyclic) bond motifs is 2. The van der Waals surface area contributed by atoms with Crippen LogP contribution in [0.5, 0.6) is 0 Å². The van der Waals surface area contributed by atoms with Crippen LogP contribution in [0.25, 0.3) is 10.1 Å². The van der Waals surface area contributed by atoms with Crippen molar-refractivity contribution in [2.24, 2.45) is 0 Å². The second-order valence-corrected chi connectivity index (χ2v) is 8.28. The molecule has 3 amide bonds. The highest BCUT2D eigenvalue weighted by Gasteiger charge is 2.30. The van der Waals surface area contributed by atoms with Gasteiger partial charge < -0.3 is 15.1 Å². The Labute approximate surface area is 172 Å². The van der Waals surface area contributed by atoms with E-state index in [0.717, 1.165) is 10.1 Å². The topological polar surface area (TPSA) is 69.7 Å². The molecule has 0 fully saturated rings. The molecule has 0 spiro atoms. The summed E-state index contributed by atoms with van der Waals surface area (Å²) in [6.45, 7) is 1.77. The van der Waals surface area contributed by atoms with Gasteiger partial charge in [0, 0.05) is 24.2 Å². The molecule has 2 aromatic carbocycles. The largest absolute Gasteiger partial charge is 0.332 e. The van der Waals surface area contributed by atoms with Gasteiger partial charge in [-0.3, -0.25) is 14.4 Å². The smallest absolute Gasteiger partial charge is 0.264 e. The molecule has 7 heteroatoms. The molecule has 29 heavy (non-hydrogen) atoms. The number of hydrogen-bond acceptors (Lipinski definition) is 4. The van der Waals surface area contributed by atoms with Crippen molar-refractivity contribution in [3.05, 3.63) is 59.5 Å². The zero-order valence-corrected chi connectivity index (χ0v) is 17.0. The van der Waals surface area contributed by atoms with Gasteiger partial charge in [0.05, 0.1) is 16.3 Å². The highest BCUT2D eigenvalue weighted by molar-refractivity contribution is 7.20. The molecule has 1 aliphatic rings. The summed E-state index contributed by atoms with van der Waals surface area (Å²) in [5, 5.41) is 3.86. The third kappa shape index (κ3) is 3.73. The van der Waals surface area contributed by atoms with Crippen LogP contribution in [0.1, 0.15) is 23.0 Å². The Morgan fingerprint density at radius 1 is 1.17 bits per heavy atom. The highest BCUT2D eigenvalue weighted by Crippen LogP contribution is 2.31. The molecule has 1 atom stereocenters. The summed E-state index contributed by atoms with van der Waals surface area (Å²) in [5.74, 6) is -0.544. The van der Waals surface area contributed by atoms with E-state index in [4.69, 9.17) is 0 Å². The number of carbonyl (C=O) groups is 3. The number of para-hydroxylation sites is 2. The van der Waals surface area contributed by atoms with Crippen LogP contribution in [0, 0.1) is 0 Å². The molecular formula is C22H21N3O3S. The highest BCUT2D eigenvalue weighted by atomic mass is 32.1. The average molecular weight is 407 g/mol. The molecule has 0 aliphatic carbocycles. The predicted octanol–water partition coefficient (Wildman–Crippen LogP) is 3.74. The molecule has 6 nitrogen and oxygen atoms in total. The van der Waals surface area contributed by atoms with Crippen molar-refractivity contribution in [3.63, 3.8) is 0 Å². The molecule has 1 aliphatic heterocycles. The van der Waals surface area contributed by atoms with E-state index < -0.39 is 0 Å². The Kier molecular flexibility index (Phi) is 5.07. The molecule has 2 heterocycles. The Morgan fingerprint density at radius 3 is 2.69 bits per heavy atom. The van der Waals surface area contributed by atoms with E-state index in [-0.39, 0.29) is 36.7 Å². The van der Waals surface area contributed by atoms with Gasteiger partial charge in [-0.05, 0) is 36.6 Å². The van der Waals surface area contributed by atoms with Crippen molar-refractivity contribution in [3.8, 4) is 0 Å². The molecule has 3 aromatic rings. The van der Waals surface area contributed by atoms with Crippen LogP contribution >= 0.6 is 11.3 Å². The van der Waals surface area contributed by atoms with Crippen molar-refractivity contribution in [2.45, 2.75) is 19.4 Å². The fourth-order valence-corrected chi connectivity index (χ4v) is 4.65. The van der Waals surface area contributed by atoms with E-state index in [0.29, 0.717) is 16.3 Å². The maximum atomic E-state index is 13.1. The van der Waals surface area contributed by atoms with Gasteiger partial charge in [0.1, 0.15) is 6.54 Å². The second-order valence-electron chi connectivity index (χ2n) is 7.19. The third-order valence-corrected chi connectivity index (χ3v) is 6.09. The van der Waals surface area contributed by atoms with Crippen LogP contribution in [0.2, 0.25) is 0 Å². The second kappa shape index (κ2) is 7.67. The van der Waals surface area contributed by atoms with Gasteiger partial charge in [-0.15, -0.1) is 11.3 Å². The summed E-state index contributed by atoms with van der Waals surface area (Å²) in [4.78, 5) is 41.8. The van der Waals surface area contributed by atoms with Crippen molar-refractivity contribution >= 4 is 50.5 Å². The normalized spacial score (nSPS) is 16.1. The first-order chi connectivity index (χ1) is 13.9. The standard InChI is InChI=1S/C22H21N3O3S/c1-14-11-20(26)23-16-8-4-5-9-17(16)25(14)21(27)13-24(2)22(28)19-12-15-7-3-6-10-18(15)29-19/h3-10,12,14H,11,13H2,1-2H3,(H,23,26)/t14-/m1/s1. The van der Waals surface area contributed by atoms with Crippen LogP contribution in [-0.4, -0.2) is 42.3 Å². The summed E-state index contributed by atoms with van der Waals surface area (Å²) in [5.41, 5.74) is 1.26. The average Bonchev–Trinajstić information content (AvgIpc) is 3.07. The summed E-state index contributed by atoms with van der Waals surface area (Å²) in [6, 6.07) is 16.6. The molecule has 148 valence electrons. The number of carbonyl (C=O) groups excluding carboxylic acids is 3. The monoisotopic (exact) mass is 407 g/mol. The van der Waals surface area contributed by atoms with Crippen molar-refractivity contribution < 1.29 is 14.4 Å². The first-order valence-corrected chi connectivity index (χ1v) is 10.2. The maximum absolute atomic E-state index is 13.1. The lowest BCUT2D eigenvalue weighted by molar-refractivity contribution is -0.119. The quantitative estimate of drug-likeness (QED) is 0.719. The molecule has 4 rings (SSSR count). The zero-order chi connectivity index (χ0) is 20.5. The molecule has 0 saturated heterocycles. The molecule has 0 radical (unpaired) electrons. The fourth-order valence-electron chi connectivity index (χ4n) is 3.59. The van der Waals surface area contributed by atoms with E-state index in [9.17, 15) is 14.4 Å². The van der Waals surface area contributed by atoms with E-state index in [1.54, 1.807) is 18.0 Å². The van der Waals surface area contributed by atoms with Gasteiger partial charge in [0.15, 0.2) is 0 Å². The Morgan fingerprint density at radius 2 is 1.90 bits per heavy atom. The van der Waals surface area contributed by atoms with Crippen LogP contribution in [-0.2, 0) is 9.59 Å². The van der Waals surface area contributed by atoms with Gasteiger partial charge >= 0.3 is 0 Å². The number of likely N-dealkylation sites (N-methyl/N-ethyl adjacent to an activating group) is 1. The first kappa shape index (κ1) is 19.1. The molecule has 0 unspecified atom stereocenters. The SMILES string of the molecule is C[C@@H]1CC(=O)Nc2ccccc2N1C(=O)CN(C)C(=O)c1cc2ccccc2s1. The number of hydrogen-bond donors (Lipinski definition) is 1. The third-order valence-electron chi connectivity index (χ3n) is 4.98. The fraction of sp³-hybridized carbons (Fsp3) is 0.227. The lowest BCUT2D eigenvalue weighted by Gasteiger charge is -2.29. The van der Waals surface area contributed by atoms with Gasteiger partial charge in [0.25, 0.3) is 5.91 Å². The molecular weight excluding hydrogens is 386 g/mol. The number of nitrogens with one attached hydrogen (secondary N) is 1. The van der Waals surface area contributed by atoms with E-state index >= 15 is 0 Å². The predicted molar refractivity (Wildman–Crippen MR) is 115 cm³/mol. The summed E-state index contributed by atoms with van der Waals surface area (Å²) in [7, 11) is 1.63. The number of rotatable bonds is 3. The van der Waals surface area contributed by atoms with Crippen molar-refractivity contribution in [1.82, 2.24) is 4.90 Å². The summed E-state index contributed by atoms with van der Waals surface area (Å²) >= 11 is 1.42. The zero-order valence-electron chi connectivity index (χ0n) is 16.2. The first-order valence-electron chi connectivity index (χ1n) is 9.39. The minimum absolute atomic E-state index is 0.0695. The number of anilines is 2. The minimum atomic E-state index is -0.307. The van der Waals surface area contributed by atoms with Crippen LogP contribution in [0.4, 0.5) is 11.4 Å². The Hall–Kier alpha value is -3.19. The van der Waals surface area contributed by atoms with Gasteiger partial charge in [-0.25, -0.2) is 0 Å². The number of amides is 3. The van der Waals surface area contributed by atoms with Crippen molar-refractivity contribution in [2.75, 3.05) is 23.8 Å². The minimum Gasteiger partial charge on any atom is -0.332 e. The van der Waals surface area contributed by atoms with E-state index in [1.165, 1.54) is 16.2 Å². The number of nitrogens with zero attached hydrogens (tertiary/aromatic N) is 2. The molecule has 1 N–H and O–H groups in total. The number of thiophene rings is 1. The van der Waals surface area contributed by atoms with E-state index in [2.05, 4.69) is 5.32 Å². The summed E-state index contributed by atoms with van der Waals surface area (Å²) < 4.78 is 1.04. The lowest BCUT2D eigenvalue weighted by atomic mass is 10.1. The van der Waals surface area contributed by atoms with E-state index in [1.807, 2.05) is 55.5 Å². The van der Waals surface area contributed by atoms with Crippen LogP contribution in [0.15, 0.2) is 54.6 Å². The Bertz CT molecular complexity index is 1070. The Balaban J connectivity index is 1.56. The van der Waals surface area contributed by atoms with Crippen molar-refractivity contribution in [1.29, 1.82) is 0 Å². The molecule has 0 bridgehead atoms.